The first kappa shape index (κ1) is 12.0. The zero-order valence-electron chi connectivity index (χ0n) is 9.13. The predicted molar refractivity (Wildman–Crippen MR) is 69.1 cm³/mol. The number of pyridine rings is 1. The molecule has 16 heavy (non-hydrogen) atoms. The molecular formula is C12H16Cl2N2. The van der Waals surface area contributed by atoms with Crippen LogP contribution in [0.4, 0.5) is 5.82 Å². The third kappa shape index (κ3) is 2.80. The van der Waals surface area contributed by atoms with Crippen molar-refractivity contribution in [3.05, 3.63) is 22.8 Å². The minimum atomic E-state index is 0.255. The number of nitrogens with two attached hydrogens (primary N) is 1. The van der Waals surface area contributed by atoms with Crippen molar-refractivity contribution in [1.29, 1.82) is 0 Å². The fourth-order valence-corrected chi connectivity index (χ4v) is 2.91. The number of nitrogens with zero attached hydrogens (tertiary/aromatic N) is 1. The van der Waals surface area contributed by atoms with Crippen LogP contribution in [-0.2, 0) is 0 Å². The van der Waals surface area contributed by atoms with Gasteiger partial charge in [0.1, 0.15) is 5.82 Å². The van der Waals surface area contributed by atoms with E-state index in [0.717, 1.165) is 24.8 Å². The van der Waals surface area contributed by atoms with E-state index in [-0.39, 0.29) is 5.38 Å². The average Bonchev–Trinajstić information content (AvgIpc) is 2.46. The third-order valence-electron chi connectivity index (χ3n) is 3.22. The minimum absolute atomic E-state index is 0.255. The van der Waals surface area contributed by atoms with Gasteiger partial charge in [0.05, 0.1) is 5.02 Å². The lowest BCUT2D eigenvalue weighted by Gasteiger charge is -2.18. The van der Waals surface area contributed by atoms with Crippen LogP contribution in [0.5, 0.6) is 0 Å². The van der Waals surface area contributed by atoms with Gasteiger partial charge >= 0.3 is 0 Å². The van der Waals surface area contributed by atoms with E-state index >= 15 is 0 Å². The highest BCUT2D eigenvalue weighted by molar-refractivity contribution is 6.30. The largest absolute Gasteiger partial charge is 0.383 e. The summed E-state index contributed by atoms with van der Waals surface area (Å²) in [5, 5.41) is 0.908. The molecule has 0 aliphatic heterocycles. The molecule has 2 atom stereocenters. The van der Waals surface area contributed by atoms with Crippen molar-refractivity contribution in [1.82, 2.24) is 4.98 Å². The summed E-state index contributed by atoms with van der Waals surface area (Å²) in [6.07, 6.45) is 7.23. The quantitative estimate of drug-likeness (QED) is 0.612. The van der Waals surface area contributed by atoms with Gasteiger partial charge in [-0.15, -0.1) is 11.6 Å². The molecule has 0 bridgehead atoms. The Bertz CT molecular complexity index is 368. The SMILES string of the molecule is Nc1ncc(Cl)cc1C1CCCCC(Cl)C1. The summed E-state index contributed by atoms with van der Waals surface area (Å²) in [6, 6.07) is 1.93. The highest BCUT2D eigenvalue weighted by atomic mass is 35.5. The number of alkyl halides is 1. The lowest BCUT2D eigenvalue weighted by atomic mass is 9.92. The highest BCUT2D eigenvalue weighted by Crippen LogP contribution is 2.36. The highest BCUT2D eigenvalue weighted by Gasteiger charge is 2.22. The Morgan fingerprint density at radius 1 is 1.31 bits per heavy atom. The van der Waals surface area contributed by atoms with Crippen molar-refractivity contribution in [2.24, 2.45) is 0 Å². The number of rotatable bonds is 1. The Morgan fingerprint density at radius 3 is 2.88 bits per heavy atom. The van der Waals surface area contributed by atoms with E-state index in [1.54, 1.807) is 6.20 Å². The molecule has 0 aromatic carbocycles. The number of nitrogen functional groups attached to an aromatic ring is 1. The van der Waals surface area contributed by atoms with Gasteiger partial charge in [-0.1, -0.05) is 24.4 Å². The fourth-order valence-electron chi connectivity index (χ4n) is 2.38. The van der Waals surface area contributed by atoms with Crippen molar-refractivity contribution in [2.75, 3.05) is 5.73 Å². The summed E-state index contributed by atoms with van der Waals surface area (Å²) in [4.78, 5) is 4.11. The minimum Gasteiger partial charge on any atom is -0.383 e. The second-order valence-electron chi connectivity index (χ2n) is 4.44. The zero-order valence-corrected chi connectivity index (χ0v) is 10.6. The van der Waals surface area contributed by atoms with E-state index in [9.17, 15) is 0 Å². The summed E-state index contributed by atoms with van der Waals surface area (Å²) in [5.74, 6) is 1.01. The van der Waals surface area contributed by atoms with Crippen LogP contribution in [0.3, 0.4) is 0 Å². The molecule has 2 N–H and O–H groups in total. The monoisotopic (exact) mass is 258 g/mol. The van der Waals surface area contributed by atoms with Gasteiger partial charge in [-0.25, -0.2) is 4.98 Å². The van der Waals surface area contributed by atoms with E-state index in [2.05, 4.69) is 4.98 Å². The van der Waals surface area contributed by atoms with Crippen LogP contribution in [-0.4, -0.2) is 10.4 Å². The molecule has 1 aliphatic rings. The predicted octanol–water partition coefficient (Wildman–Crippen LogP) is 3.97. The van der Waals surface area contributed by atoms with Gasteiger partial charge in [0.2, 0.25) is 0 Å². The van der Waals surface area contributed by atoms with Crippen LogP contribution in [0.25, 0.3) is 0 Å². The van der Waals surface area contributed by atoms with Gasteiger partial charge in [0, 0.05) is 11.6 Å². The second kappa shape index (κ2) is 5.24. The molecule has 88 valence electrons. The van der Waals surface area contributed by atoms with Crippen LogP contribution in [0.1, 0.15) is 43.6 Å². The summed E-state index contributed by atoms with van der Waals surface area (Å²) in [5.41, 5.74) is 6.97. The maximum atomic E-state index is 6.26. The van der Waals surface area contributed by atoms with Crippen LogP contribution in [0.2, 0.25) is 5.02 Å². The summed E-state index contributed by atoms with van der Waals surface area (Å²) in [7, 11) is 0. The molecule has 1 fully saturated rings. The molecule has 1 aromatic rings. The Balaban J connectivity index is 2.24. The number of hydrogen-bond acceptors (Lipinski definition) is 2. The maximum Gasteiger partial charge on any atom is 0.126 e. The lowest BCUT2D eigenvalue weighted by Crippen LogP contribution is -2.08. The second-order valence-corrected chi connectivity index (χ2v) is 5.50. The van der Waals surface area contributed by atoms with Crippen molar-refractivity contribution in [2.45, 2.75) is 43.4 Å². The maximum absolute atomic E-state index is 6.26. The number of anilines is 1. The number of halogens is 2. The van der Waals surface area contributed by atoms with E-state index in [4.69, 9.17) is 28.9 Å². The first-order valence-corrected chi connectivity index (χ1v) is 6.53. The molecular weight excluding hydrogens is 243 g/mol. The van der Waals surface area contributed by atoms with Crippen LogP contribution >= 0.6 is 23.2 Å². The van der Waals surface area contributed by atoms with Gasteiger partial charge in [-0.2, -0.15) is 0 Å². The lowest BCUT2D eigenvalue weighted by molar-refractivity contribution is 0.595. The zero-order chi connectivity index (χ0) is 11.5. The molecule has 0 amide bonds. The summed E-state index contributed by atoms with van der Waals surface area (Å²) in [6.45, 7) is 0. The Labute approximate surface area is 106 Å². The van der Waals surface area contributed by atoms with Crippen LogP contribution < -0.4 is 5.73 Å². The van der Waals surface area contributed by atoms with Gasteiger partial charge in [-0.05, 0) is 36.8 Å². The molecule has 4 heteroatoms. The van der Waals surface area contributed by atoms with Gasteiger partial charge in [-0.3, -0.25) is 0 Å². The molecule has 1 aliphatic carbocycles. The fraction of sp³-hybridized carbons (Fsp3) is 0.583. The molecule has 0 spiro atoms. The van der Waals surface area contributed by atoms with Crippen molar-refractivity contribution >= 4 is 29.0 Å². The van der Waals surface area contributed by atoms with E-state index in [1.807, 2.05) is 6.07 Å². The van der Waals surface area contributed by atoms with E-state index < -0.39 is 0 Å². The average molecular weight is 259 g/mol. The van der Waals surface area contributed by atoms with E-state index in [0.29, 0.717) is 16.8 Å². The summed E-state index contributed by atoms with van der Waals surface area (Å²) >= 11 is 12.2. The molecule has 2 unspecified atom stereocenters. The topological polar surface area (TPSA) is 38.9 Å². The normalized spacial score (nSPS) is 26.4. The molecule has 2 nitrogen and oxygen atoms in total. The van der Waals surface area contributed by atoms with Crippen molar-refractivity contribution in [3.8, 4) is 0 Å². The number of hydrogen-bond donors (Lipinski definition) is 1. The standard InChI is InChI=1S/C12H16Cl2N2/c13-9-4-2-1-3-8(5-9)11-6-10(14)7-16-12(11)15/h6-9H,1-5H2,(H2,15,16). The Morgan fingerprint density at radius 2 is 2.06 bits per heavy atom. The van der Waals surface area contributed by atoms with E-state index in [1.165, 1.54) is 12.8 Å². The molecule has 0 saturated heterocycles. The van der Waals surface area contributed by atoms with Crippen molar-refractivity contribution < 1.29 is 0 Å². The first-order valence-electron chi connectivity index (χ1n) is 5.72. The van der Waals surface area contributed by atoms with Gasteiger partial charge in [0.15, 0.2) is 0 Å². The third-order valence-corrected chi connectivity index (χ3v) is 3.82. The molecule has 1 heterocycles. The Hall–Kier alpha value is -0.470. The molecule has 1 aromatic heterocycles. The van der Waals surface area contributed by atoms with Gasteiger partial charge < -0.3 is 5.73 Å². The van der Waals surface area contributed by atoms with Crippen molar-refractivity contribution in [3.63, 3.8) is 0 Å². The van der Waals surface area contributed by atoms with Crippen LogP contribution in [0, 0.1) is 0 Å². The summed E-state index contributed by atoms with van der Waals surface area (Å²) < 4.78 is 0. The Kier molecular flexibility index (Phi) is 3.93. The molecule has 0 radical (unpaired) electrons. The van der Waals surface area contributed by atoms with Gasteiger partial charge in [0.25, 0.3) is 0 Å². The molecule has 2 rings (SSSR count). The first-order chi connectivity index (χ1) is 7.66. The number of aromatic nitrogens is 1. The smallest absolute Gasteiger partial charge is 0.126 e. The van der Waals surface area contributed by atoms with Crippen LogP contribution in [0.15, 0.2) is 12.3 Å². The molecule has 1 saturated carbocycles.